The summed E-state index contributed by atoms with van der Waals surface area (Å²) < 4.78 is 28.2. The third-order valence-corrected chi connectivity index (χ3v) is 4.37. The molecule has 24 heavy (non-hydrogen) atoms. The molecule has 0 heterocycles. The van der Waals surface area contributed by atoms with Crippen molar-refractivity contribution in [3.05, 3.63) is 59.7 Å². The normalized spacial score (nSPS) is 12.5. The Labute approximate surface area is 141 Å². The van der Waals surface area contributed by atoms with E-state index in [-0.39, 0.29) is 23.5 Å². The minimum atomic E-state index is -3.77. The van der Waals surface area contributed by atoms with Gasteiger partial charge < -0.3 is 10.1 Å². The predicted molar refractivity (Wildman–Crippen MR) is 91.0 cm³/mol. The molecule has 0 fully saturated rings. The molecule has 0 unspecified atom stereocenters. The largest absolute Gasteiger partial charge is 0.484 e. The van der Waals surface area contributed by atoms with Crippen LogP contribution < -0.4 is 15.2 Å². The molecule has 1 atom stereocenters. The quantitative estimate of drug-likeness (QED) is 0.833. The average molecular weight is 348 g/mol. The van der Waals surface area contributed by atoms with Crippen molar-refractivity contribution >= 4 is 15.9 Å². The molecule has 0 aromatic heterocycles. The van der Waals surface area contributed by atoms with E-state index in [1.54, 1.807) is 31.2 Å². The average Bonchev–Trinajstić information content (AvgIpc) is 2.53. The molecule has 0 aliphatic rings. The molecule has 3 N–H and O–H groups in total. The minimum absolute atomic E-state index is 0.0111. The molecule has 0 spiro atoms. The lowest BCUT2D eigenvalue weighted by Gasteiger charge is -2.15. The van der Waals surface area contributed by atoms with Gasteiger partial charge in [-0.15, -0.1) is 0 Å². The van der Waals surface area contributed by atoms with Gasteiger partial charge in [0.15, 0.2) is 6.61 Å². The second kappa shape index (κ2) is 7.46. The van der Waals surface area contributed by atoms with Gasteiger partial charge in [0, 0.05) is 0 Å². The van der Waals surface area contributed by atoms with Gasteiger partial charge in [-0.05, 0) is 43.7 Å². The molecule has 6 nitrogen and oxygen atoms in total. The van der Waals surface area contributed by atoms with E-state index in [0.717, 1.165) is 5.56 Å². The van der Waals surface area contributed by atoms with Crippen LogP contribution in [0.25, 0.3) is 0 Å². The fourth-order valence-electron chi connectivity index (χ4n) is 2.11. The van der Waals surface area contributed by atoms with Gasteiger partial charge in [-0.25, -0.2) is 13.6 Å². The number of hydrogen-bond donors (Lipinski definition) is 2. The first-order valence-electron chi connectivity index (χ1n) is 7.37. The van der Waals surface area contributed by atoms with Gasteiger partial charge in [0.05, 0.1) is 10.9 Å². The number of nitrogens with two attached hydrogens (primary N) is 1. The fraction of sp³-hybridized carbons (Fsp3) is 0.235. The van der Waals surface area contributed by atoms with Crippen LogP contribution in [0.1, 0.15) is 24.1 Å². The molecule has 0 saturated carbocycles. The molecule has 1 amide bonds. The first-order valence-corrected chi connectivity index (χ1v) is 8.92. The lowest BCUT2D eigenvalue weighted by molar-refractivity contribution is -0.123. The van der Waals surface area contributed by atoms with Crippen LogP contribution >= 0.6 is 0 Å². The monoisotopic (exact) mass is 348 g/mol. The van der Waals surface area contributed by atoms with E-state index in [4.69, 9.17) is 9.88 Å². The van der Waals surface area contributed by atoms with Crippen molar-refractivity contribution in [2.45, 2.75) is 24.8 Å². The van der Waals surface area contributed by atoms with Gasteiger partial charge in [-0.3, -0.25) is 4.79 Å². The minimum Gasteiger partial charge on any atom is -0.484 e. The number of ether oxygens (including phenoxy) is 1. The smallest absolute Gasteiger partial charge is 0.258 e. The Morgan fingerprint density at radius 1 is 1.21 bits per heavy atom. The third-order valence-electron chi connectivity index (χ3n) is 3.46. The number of amides is 1. The maximum absolute atomic E-state index is 12.0. The van der Waals surface area contributed by atoms with Crippen LogP contribution in [0, 0.1) is 6.92 Å². The number of carbonyl (C=O) groups is 1. The number of rotatable bonds is 6. The molecular weight excluding hydrogens is 328 g/mol. The Balaban J connectivity index is 1.95. The van der Waals surface area contributed by atoms with E-state index in [9.17, 15) is 13.2 Å². The van der Waals surface area contributed by atoms with E-state index in [0.29, 0.717) is 11.3 Å². The lowest BCUT2D eigenvalue weighted by atomic mass is 10.1. The zero-order valence-electron chi connectivity index (χ0n) is 13.5. The summed E-state index contributed by atoms with van der Waals surface area (Å²) in [7, 11) is -3.77. The summed E-state index contributed by atoms with van der Waals surface area (Å²) >= 11 is 0. The highest BCUT2D eigenvalue weighted by Gasteiger charge is 2.13. The summed E-state index contributed by atoms with van der Waals surface area (Å²) in [5.41, 5.74) is 1.75. The summed E-state index contributed by atoms with van der Waals surface area (Å²) in [6.45, 7) is 3.60. The highest BCUT2D eigenvalue weighted by atomic mass is 32.2. The highest BCUT2D eigenvalue weighted by molar-refractivity contribution is 7.89. The Morgan fingerprint density at radius 3 is 2.50 bits per heavy atom. The van der Waals surface area contributed by atoms with Crippen molar-refractivity contribution in [2.24, 2.45) is 5.14 Å². The topological polar surface area (TPSA) is 98.5 Å². The van der Waals surface area contributed by atoms with Crippen molar-refractivity contribution < 1.29 is 17.9 Å². The van der Waals surface area contributed by atoms with Crippen molar-refractivity contribution in [2.75, 3.05) is 6.61 Å². The van der Waals surface area contributed by atoms with Crippen LogP contribution in [0.2, 0.25) is 0 Å². The molecule has 0 aliphatic heterocycles. The number of sulfonamides is 1. The van der Waals surface area contributed by atoms with Crippen LogP contribution in [0.5, 0.6) is 5.75 Å². The van der Waals surface area contributed by atoms with Gasteiger partial charge in [0.1, 0.15) is 5.75 Å². The molecule has 2 aromatic rings. The second-order valence-electron chi connectivity index (χ2n) is 5.51. The molecule has 0 saturated heterocycles. The summed E-state index contributed by atoms with van der Waals surface area (Å²) in [5, 5.41) is 7.87. The first kappa shape index (κ1) is 18.0. The van der Waals surface area contributed by atoms with Gasteiger partial charge in [0.2, 0.25) is 10.0 Å². The molecule has 2 rings (SSSR count). The zero-order chi connectivity index (χ0) is 17.7. The Morgan fingerprint density at radius 2 is 1.88 bits per heavy atom. The summed E-state index contributed by atoms with van der Waals surface area (Å²) in [6, 6.07) is 13.2. The fourth-order valence-corrected chi connectivity index (χ4v) is 2.68. The van der Waals surface area contributed by atoms with Gasteiger partial charge >= 0.3 is 0 Å². The number of carbonyl (C=O) groups excluding carboxylic acids is 1. The van der Waals surface area contributed by atoms with E-state index < -0.39 is 10.0 Å². The standard InChI is InChI=1S/C17H20N2O4S/c1-12-6-8-15(9-7-12)23-11-17(20)19-13(2)14-4-3-5-16(10-14)24(18,21)22/h3-10,13H,11H2,1-2H3,(H,19,20)(H2,18,21,22)/t13-/m1/s1. The number of hydrogen-bond acceptors (Lipinski definition) is 4. The van der Waals surface area contributed by atoms with Crippen LogP contribution in [-0.2, 0) is 14.8 Å². The summed E-state index contributed by atoms with van der Waals surface area (Å²) in [6.07, 6.45) is 0. The second-order valence-corrected chi connectivity index (χ2v) is 7.07. The molecule has 0 bridgehead atoms. The molecule has 128 valence electrons. The van der Waals surface area contributed by atoms with E-state index in [2.05, 4.69) is 5.32 Å². The van der Waals surface area contributed by atoms with Crippen LogP contribution in [0.4, 0.5) is 0 Å². The zero-order valence-corrected chi connectivity index (χ0v) is 14.3. The predicted octanol–water partition coefficient (Wildman–Crippen LogP) is 1.90. The van der Waals surface area contributed by atoms with E-state index >= 15 is 0 Å². The van der Waals surface area contributed by atoms with Crippen molar-refractivity contribution in [1.82, 2.24) is 5.32 Å². The summed E-state index contributed by atoms with van der Waals surface area (Å²) in [5.74, 6) is 0.309. The number of nitrogens with one attached hydrogen (secondary N) is 1. The first-order chi connectivity index (χ1) is 11.3. The van der Waals surface area contributed by atoms with Crippen molar-refractivity contribution in [3.8, 4) is 5.75 Å². The van der Waals surface area contributed by atoms with Crippen molar-refractivity contribution in [3.63, 3.8) is 0 Å². The number of benzene rings is 2. The Bertz CT molecular complexity index is 817. The molecule has 0 aliphatic carbocycles. The van der Waals surface area contributed by atoms with Crippen LogP contribution in [0.15, 0.2) is 53.4 Å². The van der Waals surface area contributed by atoms with Gasteiger partial charge in [0.25, 0.3) is 5.91 Å². The maximum Gasteiger partial charge on any atom is 0.258 e. The highest BCUT2D eigenvalue weighted by Crippen LogP contribution is 2.17. The van der Waals surface area contributed by atoms with E-state index in [1.165, 1.54) is 12.1 Å². The SMILES string of the molecule is Cc1ccc(OCC(=O)N[C@H](C)c2cccc(S(N)(=O)=O)c2)cc1. The molecule has 2 aromatic carbocycles. The van der Waals surface area contributed by atoms with Gasteiger partial charge in [-0.2, -0.15) is 0 Å². The van der Waals surface area contributed by atoms with Crippen LogP contribution in [-0.4, -0.2) is 20.9 Å². The molecular formula is C17H20N2O4S. The molecule has 7 heteroatoms. The van der Waals surface area contributed by atoms with Gasteiger partial charge in [-0.1, -0.05) is 29.8 Å². The van der Waals surface area contributed by atoms with Crippen LogP contribution in [0.3, 0.4) is 0 Å². The van der Waals surface area contributed by atoms with E-state index in [1.807, 2.05) is 19.1 Å². The Kier molecular flexibility index (Phi) is 5.58. The Hall–Kier alpha value is -2.38. The van der Waals surface area contributed by atoms with Crippen molar-refractivity contribution in [1.29, 1.82) is 0 Å². The lowest BCUT2D eigenvalue weighted by Crippen LogP contribution is -2.31. The number of primary sulfonamides is 1. The molecule has 0 radical (unpaired) electrons. The number of aryl methyl sites for hydroxylation is 1. The summed E-state index contributed by atoms with van der Waals surface area (Å²) in [4.78, 5) is 12.0. The maximum atomic E-state index is 12.0. The third kappa shape index (κ3) is 5.07.